The fourth-order valence-corrected chi connectivity index (χ4v) is 0.704. The minimum absolute atomic E-state index is 0.248. The predicted molar refractivity (Wildman–Crippen MR) is 29.2 cm³/mol. The molecule has 5 nitrogen and oxygen atoms in total. The zero-order valence-electron chi connectivity index (χ0n) is 4.61. The monoisotopic (exact) mass is 166 g/mol. The summed E-state index contributed by atoms with van der Waals surface area (Å²) >= 11 is 0. The molecule has 0 aliphatic rings. The van der Waals surface area contributed by atoms with E-state index in [4.69, 9.17) is 0 Å². The van der Waals surface area contributed by atoms with E-state index in [9.17, 15) is 12.3 Å². The summed E-state index contributed by atoms with van der Waals surface area (Å²) in [6.07, 6.45) is 1.24. The Hall–Kier alpha value is -1.11. The van der Waals surface area contributed by atoms with E-state index >= 15 is 0 Å². The smallest absolute Gasteiger partial charge is 0.338 e. The van der Waals surface area contributed by atoms with E-state index in [0.29, 0.717) is 0 Å². The van der Waals surface area contributed by atoms with Crippen LogP contribution in [-0.4, -0.2) is 18.6 Å². The number of hydrogen-bond donors (Lipinski definition) is 1. The highest BCUT2D eigenvalue weighted by Crippen LogP contribution is 2.06. The highest BCUT2D eigenvalue weighted by Gasteiger charge is 2.09. The van der Waals surface area contributed by atoms with Gasteiger partial charge in [-0.1, -0.05) is 3.89 Å². The number of nitrogens with one attached hydrogen (secondary N) is 1. The molecule has 0 unspecified atom stereocenters. The second-order valence-corrected chi connectivity index (χ2v) is 2.35. The van der Waals surface area contributed by atoms with Crippen LogP contribution in [0.1, 0.15) is 0 Å². The van der Waals surface area contributed by atoms with E-state index in [0.717, 1.165) is 0 Å². The van der Waals surface area contributed by atoms with Gasteiger partial charge in [-0.2, -0.15) is 13.5 Å². The van der Waals surface area contributed by atoms with Gasteiger partial charge < -0.3 is 4.18 Å². The number of aromatic amines is 1. The minimum atomic E-state index is -4.92. The number of aromatic nitrogens is 2. The van der Waals surface area contributed by atoms with E-state index in [1.54, 1.807) is 0 Å². The maximum Gasteiger partial charge on any atom is 0.490 e. The Balaban J connectivity index is 2.75. The average molecular weight is 166 g/mol. The summed E-state index contributed by atoms with van der Waals surface area (Å²) in [4.78, 5) is 0. The fraction of sp³-hybridized carbons (Fsp3) is 0. The lowest BCUT2D eigenvalue weighted by atomic mass is 10.7. The van der Waals surface area contributed by atoms with E-state index in [1.807, 2.05) is 0 Å². The molecule has 1 heterocycles. The van der Waals surface area contributed by atoms with E-state index in [-0.39, 0.29) is 5.88 Å². The Morgan fingerprint density at radius 2 is 2.40 bits per heavy atom. The largest absolute Gasteiger partial charge is 0.490 e. The lowest BCUT2D eigenvalue weighted by Crippen LogP contribution is -2.00. The van der Waals surface area contributed by atoms with E-state index in [2.05, 4.69) is 14.4 Å². The zero-order valence-corrected chi connectivity index (χ0v) is 5.43. The third-order valence-corrected chi connectivity index (χ3v) is 1.04. The van der Waals surface area contributed by atoms with Gasteiger partial charge in [0.25, 0.3) is 0 Å². The molecule has 1 rings (SSSR count). The summed E-state index contributed by atoms with van der Waals surface area (Å²) in [7, 11) is -4.92. The van der Waals surface area contributed by atoms with Crippen molar-refractivity contribution in [2.45, 2.75) is 0 Å². The van der Waals surface area contributed by atoms with Gasteiger partial charge in [0.2, 0.25) is 5.88 Å². The van der Waals surface area contributed by atoms with Gasteiger partial charge in [-0.3, -0.25) is 0 Å². The first-order valence-corrected chi connectivity index (χ1v) is 3.52. The highest BCUT2D eigenvalue weighted by molar-refractivity contribution is 7.81. The summed E-state index contributed by atoms with van der Waals surface area (Å²) in [6, 6.07) is 1.18. The normalized spacial score (nSPS) is 11.3. The first kappa shape index (κ1) is 7.00. The molecule has 56 valence electrons. The molecule has 0 fully saturated rings. The molecule has 1 N–H and O–H groups in total. The van der Waals surface area contributed by atoms with Crippen LogP contribution in [-0.2, 0) is 10.5 Å². The number of hydrogen-bond acceptors (Lipinski definition) is 4. The van der Waals surface area contributed by atoms with Crippen molar-refractivity contribution in [2.75, 3.05) is 0 Å². The van der Waals surface area contributed by atoms with E-state index < -0.39 is 10.5 Å². The van der Waals surface area contributed by atoms with Gasteiger partial charge in [-0.05, 0) is 0 Å². The standard InChI is InChI=1S/C3H3FN2O3S/c4-10(7,8)9-3-1-2-5-6-3/h1-2H,(H,5,6). The molecule has 0 aliphatic heterocycles. The number of H-pyrrole nitrogens is 1. The van der Waals surface area contributed by atoms with Crippen LogP contribution >= 0.6 is 0 Å². The van der Waals surface area contributed by atoms with Gasteiger partial charge in [-0.15, -0.1) is 0 Å². The molecule has 1 aromatic heterocycles. The molecule has 10 heavy (non-hydrogen) atoms. The van der Waals surface area contributed by atoms with Gasteiger partial charge in [0, 0.05) is 6.07 Å². The average Bonchev–Trinajstić information content (AvgIpc) is 2.12. The number of nitrogens with zero attached hydrogens (tertiary/aromatic N) is 1. The van der Waals surface area contributed by atoms with Crippen molar-refractivity contribution in [1.29, 1.82) is 0 Å². The minimum Gasteiger partial charge on any atom is -0.338 e. The van der Waals surface area contributed by atoms with Gasteiger partial charge in [0.15, 0.2) is 0 Å². The Labute approximate surface area is 56.2 Å². The first-order chi connectivity index (χ1) is 4.58. The topological polar surface area (TPSA) is 72.1 Å². The summed E-state index contributed by atoms with van der Waals surface area (Å²) < 4.78 is 34.9. The zero-order chi connectivity index (χ0) is 7.61. The summed E-state index contributed by atoms with van der Waals surface area (Å²) in [5.74, 6) is -0.248. The number of halogens is 1. The van der Waals surface area contributed by atoms with Crippen LogP contribution in [0.4, 0.5) is 3.89 Å². The quantitative estimate of drug-likeness (QED) is 0.628. The Bertz CT molecular complexity index is 292. The Morgan fingerprint density at radius 1 is 1.70 bits per heavy atom. The Kier molecular flexibility index (Phi) is 1.58. The molecule has 0 atom stereocenters. The highest BCUT2D eigenvalue weighted by atomic mass is 32.3. The third kappa shape index (κ3) is 2.02. The molecule has 0 bridgehead atoms. The maximum absolute atomic E-state index is 11.7. The van der Waals surface area contributed by atoms with Crippen molar-refractivity contribution in [3.63, 3.8) is 0 Å². The number of rotatable bonds is 2. The van der Waals surface area contributed by atoms with Gasteiger partial charge in [0.05, 0.1) is 6.20 Å². The van der Waals surface area contributed by atoms with Crippen molar-refractivity contribution in [1.82, 2.24) is 10.2 Å². The van der Waals surface area contributed by atoms with Crippen LogP contribution in [0, 0.1) is 0 Å². The lowest BCUT2D eigenvalue weighted by molar-refractivity contribution is 0.431. The van der Waals surface area contributed by atoms with E-state index in [1.165, 1.54) is 12.3 Å². The molecule has 0 amide bonds. The van der Waals surface area contributed by atoms with Crippen LogP contribution in [0.25, 0.3) is 0 Å². The van der Waals surface area contributed by atoms with Crippen LogP contribution in [0.3, 0.4) is 0 Å². The van der Waals surface area contributed by atoms with Crippen molar-refractivity contribution >= 4 is 10.5 Å². The van der Waals surface area contributed by atoms with Crippen LogP contribution in [0.15, 0.2) is 12.3 Å². The lowest BCUT2D eigenvalue weighted by Gasteiger charge is -1.91. The molecule has 7 heteroatoms. The molecule has 1 aromatic rings. The van der Waals surface area contributed by atoms with Gasteiger partial charge in [0.1, 0.15) is 0 Å². The van der Waals surface area contributed by atoms with Crippen LogP contribution in [0.2, 0.25) is 0 Å². The first-order valence-electron chi connectivity index (χ1n) is 2.21. The molecular formula is C3H3FN2O3S. The third-order valence-electron chi connectivity index (χ3n) is 0.665. The molecule has 0 aliphatic carbocycles. The van der Waals surface area contributed by atoms with Crippen LogP contribution < -0.4 is 4.18 Å². The van der Waals surface area contributed by atoms with Gasteiger partial charge in [-0.25, -0.2) is 5.10 Å². The maximum atomic E-state index is 11.7. The van der Waals surface area contributed by atoms with Crippen molar-refractivity contribution in [3.05, 3.63) is 12.3 Å². The second-order valence-electron chi connectivity index (χ2n) is 1.40. The molecule has 0 spiro atoms. The van der Waals surface area contributed by atoms with Crippen molar-refractivity contribution in [3.8, 4) is 5.88 Å². The molecular weight excluding hydrogens is 163 g/mol. The molecule has 0 radical (unpaired) electrons. The predicted octanol–water partition coefficient (Wildman–Crippen LogP) is 0.00280. The van der Waals surface area contributed by atoms with Crippen LogP contribution in [0.5, 0.6) is 5.88 Å². The van der Waals surface area contributed by atoms with Gasteiger partial charge >= 0.3 is 10.5 Å². The molecule has 0 aromatic carbocycles. The Morgan fingerprint density at radius 3 is 2.80 bits per heavy atom. The second kappa shape index (κ2) is 2.25. The van der Waals surface area contributed by atoms with Crippen molar-refractivity contribution in [2.24, 2.45) is 0 Å². The van der Waals surface area contributed by atoms with Crippen molar-refractivity contribution < 1.29 is 16.5 Å². The summed E-state index contributed by atoms with van der Waals surface area (Å²) in [5.41, 5.74) is 0. The SMILES string of the molecule is O=S(=O)(F)Oc1ccn[nH]1. The summed E-state index contributed by atoms with van der Waals surface area (Å²) in [5, 5.41) is 5.43. The fourth-order valence-electron chi connectivity index (χ4n) is 0.397. The summed E-state index contributed by atoms with van der Waals surface area (Å²) in [6.45, 7) is 0. The molecule has 0 saturated carbocycles. The molecule has 0 saturated heterocycles.